The van der Waals surface area contributed by atoms with Crippen molar-refractivity contribution >= 4 is 17.7 Å². The van der Waals surface area contributed by atoms with Gasteiger partial charge in [0.25, 0.3) is 0 Å². The Morgan fingerprint density at radius 1 is 1.39 bits per heavy atom. The Morgan fingerprint density at radius 2 is 2.11 bits per heavy atom. The molecule has 0 bridgehead atoms. The normalized spacial score (nSPS) is 13.6. The van der Waals surface area contributed by atoms with Crippen molar-refractivity contribution in [2.75, 3.05) is 11.4 Å². The zero-order valence-electron chi connectivity index (χ0n) is 10.3. The Labute approximate surface area is 105 Å². The van der Waals surface area contributed by atoms with E-state index >= 15 is 0 Å². The van der Waals surface area contributed by atoms with E-state index in [0.29, 0.717) is 13.0 Å². The van der Waals surface area contributed by atoms with Gasteiger partial charge in [0.05, 0.1) is 17.4 Å². The van der Waals surface area contributed by atoms with Crippen molar-refractivity contribution in [3.63, 3.8) is 0 Å². The molecule has 0 unspecified atom stereocenters. The summed E-state index contributed by atoms with van der Waals surface area (Å²) in [6.07, 6.45) is 0.107. The molecule has 0 fully saturated rings. The first kappa shape index (κ1) is 12.4. The lowest BCUT2D eigenvalue weighted by Crippen LogP contribution is -2.31. The third-order valence-corrected chi connectivity index (χ3v) is 2.78. The van der Waals surface area contributed by atoms with Crippen molar-refractivity contribution in [3.05, 3.63) is 29.3 Å². The molecule has 1 amide bonds. The molecule has 96 valence electrons. The van der Waals surface area contributed by atoms with Crippen LogP contribution in [0.25, 0.3) is 0 Å². The van der Waals surface area contributed by atoms with Gasteiger partial charge < -0.3 is 9.84 Å². The van der Waals surface area contributed by atoms with Crippen LogP contribution < -0.4 is 4.90 Å². The van der Waals surface area contributed by atoms with E-state index < -0.39 is 5.97 Å². The van der Waals surface area contributed by atoms with Gasteiger partial charge in [-0.2, -0.15) is 0 Å². The Morgan fingerprint density at radius 3 is 2.72 bits per heavy atom. The monoisotopic (exact) mass is 249 g/mol. The number of aromatic carboxylic acids is 1. The average molecular weight is 249 g/mol. The van der Waals surface area contributed by atoms with E-state index in [4.69, 9.17) is 9.84 Å². The summed E-state index contributed by atoms with van der Waals surface area (Å²) in [4.78, 5) is 24.2. The highest BCUT2D eigenvalue weighted by atomic mass is 16.6. The molecule has 18 heavy (non-hydrogen) atoms. The van der Waals surface area contributed by atoms with Crippen LogP contribution in [0.4, 0.5) is 10.5 Å². The van der Waals surface area contributed by atoms with Crippen LogP contribution in [0.3, 0.4) is 0 Å². The van der Waals surface area contributed by atoms with Crippen LogP contribution in [0.2, 0.25) is 0 Å². The van der Waals surface area contributed by atoms with E-state index in [-0.39, 0.29) is 17.8 Å². The molecule has 1 aliphatic rings. The maximum absolute atomic E-state index is 11.8. The molecular formula is C13H15NO4. The zero-order chi connectivity index (χ0) is 13.3. The van der Waals surface area contributed by atoms with Gasteiger partial charge in [0.15, 0.2) is 0 Å². The number of carboxylic acids is 1. The third-order valence-electron chi connectivity index (χ3n) is 2.78. The molecule has 5 nitrogen and oxygen atoms in total. The number of anilines is 1. The minimum absolute atomic E-state index is 0.167. The molecule has 1 heterocycles. The highest BCUT2D eigenvalue weighted by Gasteiger charge is 2.27. The van der Waals surface area contributed by atoms with Gasteiger partial charge in [-0.15, -0.1) is 0 Å². The summed E-state index contributed by atoms with van der Waals surface area (Å²) >= 11 is 0. The minimum Gasteiger partial charge on any atom is -0.478 e. The van der Waals surface area contributed by atoms with Crippen molar-refractivity contribution in [1.82, 2.24) is 0 Å². The van der Waals surface area contributed by atoms with Crippen LogP contribution >= 0.6 is 0 Å². The Kier molecular flexibility index (Phi) is 3.23. The van der Waals surface area contributed by atoms with Gasteiger partial charge in [-0.05, 0) is 44.0 Å². The first-order valence-corrected chi connectivity index (χ1v) is 5.83. The van der Waals surface area contributed by atoms with Gasteiger partial charge in [0.2, 0.25) is 0 Å². The summed E-state index contributed by atoms with van der Waals surface area (Å²) in [5.41, 5.74) is 1.86. The molecule has 0 radical (unpaired) electrons. The quantitative estimate of drug-likeness (QED) is 0.873. The van der Waals surface area contributed by atoms with Gasteiger partial charge in [0, 0.05) is 6.54 Å². The Balaban J connectivity index is 2.24. The number of ether oxygens (including phenoxy) is 1. The van der Waals surface area contributed by atoms with Crippen LogP contribution in [-0.4, -0.2) is 29.8 Å². The SMILES string of the molecule is CC(C)OC(=O)N1CCc2cc(C(=O)O)ccc21. The molecule has 0 atom stereocenters. The number of amides is 1. The summed E-state index contributed by atoms with van der Waals surface area (Å²) in [6.45, 7) is 4.12. The lowest BCUT2D eigenvalue weighted by molar-refractivity contribution is 0.0696. The largest absolute Gasteiger partial charge is 0.478 e. The topological polar surface area (TPSA) is 66.8 Å². The number of fused-ring (bicyclic) bond motifs is 1. The molecule has 0 aliphatic carbocycles. The number of hydrogen-bond donors (Lipinski definition) is 1. The highest BCUT2D eigenvalue weighted by Crippen LogP contribution is 2.29. The second-order valence-corrected chi connectivity index (χ2v) is 4.48. The van der Waals surface area contributed by atoms with Crippen molar-refractivity contribution in [1.29, 1.82) is 0 Å². The van der Waals surface area contributed by atoms with E-state index in [1.807, 2.05) is 0 Å². The highest BCUT2D eigenvalue weighted by molar-refractivity contribution is 5.93. The molecule has 1 N–H and O–H groups in total. The number of carboxylic acid groups (broad SMARTS) is 1. The van der Waals surface area contributed by atoms with Crippen LogP contribution in [0, 0.1) is 0 Å². The first-order valence-electron chi connectivity index (χ1n) is 5.83. The lowest BCUT2D eigenvalue weighted by atomic mass is 10.1. The maximum Gasteiger partial charge on any atom is 0.414 e. The number of rotatable bonds is 2. The van der Waals surface area contributed by atoms with E-state index in [1.54, 1.807) is 30.9 Å². The first-order chi connectivity index (χ1) is 8.49. The zero-order valence-corrected chi connectivity index (χ0v) is 10.3. The van der Waals surface area contributed by atoms with Gasteiger partial charge in [-0.3, -0.25) is 4.90 Å². The molecule has 5 heteroatoms. The van der Waals surface area contributed by atoms with Crippen LogP contribution in [-0.2, 0) is 11.2 Å². The molecule has 0 saturated carbocycles. The Bertz CT molecular complexity index is 496. The average Bonchev–Trinajstić information content (AvgIpc) is 2.70. The predicted molar refractivity (Wildman–Crippen MR) is 66.1 cm³/mol. The second-order valence-electron chi connectivity index (χ2n) is 4.48. The van der Waals surface area contributed by atoms with Crippen molar-refractivity contribution in [2.45, 2.75) is 26.4 Å². The smallest absolute Gasteiger partial charge is 0.414 e. The standard InChI is InChI=1S/C13H15NO4/c1-8(2)18-13(17)14-6-5-9-7-10(12(15)16)3-4-11(9)14/h3-4,7-8H,5-6H2,1-2H3,(H,15,16). The minimum atomic E-state index is -0.957. The van der Waals surface area contributed by atoms with Crippen molar-refractivity contribution in [3.8, 4) is 0 Å². The fraction of sp³-hybridized carbons (Fsp3) is 0.385. The number of hydrogen-bond acceptors (Lipinski definition) is 3. The molecule has 0 saturated heterocycles. The molecule has 0 aromatic heterocycles. The van der Waals surface area contributed by atoms with E-state index in [1.165, 1.54) is 6.07 Å². The number of carbonyl (C=O) groups is 2. The van der Waals surface area contributed by atoms with E-state index in [2.05, 4.69) is 0 Å². The van der Waals surface area contributed by atoms with Crippen LogP contribution in [0.1, 0.15) is 29.8 Å². The second kappa shape index (κ2) is 4.68. The van der Waals surface area contributed by atoms with Gasteiger partial charge >= 0.3 is 12.1 Å². The molecule has 2 rings (SSSR count). The Hall–Kier alpha value is -2.04. The third kappa shape index (κ3) is 2.30. The summed E-state index contributed by atoms with van der Waals surface area (Å²) in [7, 11) is 0. The molecular weight excluding hydrogens is 234 g/mol. The maximum atomic E-state index is 11.8. The predicted octanol–water partition coefficient (Wildman–Crippen LogP) is 2.29. The fourth-order valence-corrected chi connectivity index (χ4v) is 1.99. The summed E-state index contributed by atoms with van der Waals surface area (Å²) < 4.78 is 5.14. The van der Waals surface area contributed by atoms with Crippen LogP contribution in [0.15, 0.2) is 18.2 Å². The van der Waals surface area contributed by atoms with Crippen molar-refractivity contribution in [2.24, 2.45) is 0 Å². The van der Waals surface area contributed by atoms with Crippen LogP contribution in [0.5, 0.6) is 0 Å². The molecule has 0 spiro atoms. The lowest BCUT2D eigenvalue weighted by Gasteiger charge is -2.18. The summed E-state index contributed by atoms with van der Waals surface area (Å²) in [5, 5.41) is 8.90. The number of benzene rings is 1. The van der Waals surface area contributed by atoms with Gasteiger partial charge in [-0.1, -0.05) is 0 Å². The van der Waals surface area contributed by atoms with E-state index in [9.17, 15) is 9.59 Å². The number of carbonyl (C=O) groups excluding carboxylic acids is 1. The molecule has 1 aromatic rings. The van der Waals surface area contributed by atoms with E-state index in [0.717, 1.165) is 11.3 Å². The van der Waals surface area contributed by atoms with Crippen molar-refractivity contribution < 1.29 is 19.4 Å². The fourth-order valence-electron chi connectivity index (χ4n) is 1.99. The number of nitrogens with zero attached hydrogens (tertiary/aromatic N) is 1. The molecule has 1 aromatic carbocycles. The van der Waals surface area contributed by atoms with Gasteiger partial charge in [-0.25, -0.2) is 9.59 Å². The van der Waals surface area contributed by atoms with Gasteiger partial charge in [0.1, 0.15) is 0 Å². The molecule has 1 aliphatic heterocycles. The summed E-state index contributed by atoms with van der Waals surface area (Å²) in [5.74, 6) is -0.957. The summed E-state index contributed by atoms with van der Waals surface area (Å²) in [6, 6.07) is 4.77.